The molecule has 3 unspecified atom stereocenters. The van der Waals surface area contributed by atoms with Crippen molar-refractivity contribution in [3.05, 3.63) is 45.2 Å². The SMILES string of the molecule is CCCC1(C)[C@@H](N(CC)Cc2cc(O)c3c(c2C(F)(F)F)CC2C[C@H]4CC(=O)C(C(N)=O)=C(O)[C@@]4(O)C(=O)C2=C3O)CC(C)C1(C)C. The summed E-state index contributed by atoms with van der Waals surface area (Å²) in [5, 5.41) is 44.8. The summed E-state index contributed by atoms with van der Waals surface area (Å²) in [4.78, 5) is 40.3. The number of hydrogen-bond donors (Lipinski definition) is 5. The Morgan fingerprint density at radius 3 is 2.28 bits per heavy atom. The lowest BCUT2D eigenvalue weighted by Crippen LogP contribution is -2.58. The Labute approximate surface area is 272 Å². The molecule has 6 N–H and O–H groups in total. The summed E-state index contributed by atoms with van der Waals surface area (Å²) in [5.41, 5.74) is -1.34. The van der Waals surface area contributed by atoms with Gasteiger partial charge in [0, 0.05) is 30.5 Å². The van der Waals surface area contributed by atoms with Crippen molar-refractivity contribution >= 4 is 23.2 Å². The topological polar surface area (TPSA) is 161 Å². The lowest BCUT2D eigenvalue weighted by molar-refractivity contribution is -0.147. The standard InChI is InChI=1S/C35H45F3N2O7/c1-7-9-33(6)23(10-16(3)32(33,4)5)40(8-2)15-18-13-21(41)25-20(27(18)35(36,37)38)12-17-11-19-14-22(42)26(31(39)46)30(45)34(19,47)29(44)24(17)28(25)43/h13,16-17,19,23,41,43,45,47H,7-12,14-15H2,1-6H3,(H2,39,46)/t16?,17?,19-,23-,33?,34-/m0/s1. The number of rotatable bonds is 7. The smallest absolute Gasteiger partial charge is 0.417 e. The molecule has 0 saturated heterocycles. The molecule has 0 aromatic heterocycles. The fourth-order valence-corrected chi connectivity index (χ4v) is 9.34. The molecule has 5 rings (SSSR count). The van der Waals surface area contributed by atoms with Crippen molar-refractivity contribution in [2.24, 2.45) is 34.3 Å². The molecule has 9 nitrogen and oxygen atoms in total. The lowest BCUT2D eigenvalue weighted by Gasteiger charge is -2.47. The van der Waals surface area contributed by atoms with Crippen LogP contribution in [-0.4, -0.2) is 61.0 Å². The van der Waals surface area contributed by atoms with Crippen LogP contribution in [0.4, 0.5) is 13.2 Å². The number of alkyl halides is 3. The zero-order valence-corrected chi connectivity index (χ0v) is 27.7. The first-order valence-electron chi connectivity index (χ1n) is 16.3. The number of hydrogen-bond acceptors (Lipinski definition) is 8. The number of halogens is 3. The monoisotopic (exact) mass is 662 g/mol. The highest BCUT2D eigenvalue weighted by Crippen LogP contribution is 2.60. The third kappa shape index (κ3) is 4.91. The predicted octanol–water partition coefficient (Wildman–Crippen LogP) is 5.51. The summed E-state index contributed by atoms with van der Waals surface area (Å²) in [6.45, 7) is 13.2. The fraction of sp³-hybridized carbons (Fsp3) is 0.629. The van der Waals surface area contributed by atoms with Gasteiger partial charge in [0.15, 0.2) is 11.4 Å². The van der Waals surface area contributed by atoms with Gasteiger partial charge in [-0.05, 0) is 72.1 Å². The van der Waals surface area contributed by atoms with Crippen molar-refractivity contribution in [1.82, 2.24) is 4.90 Å². The highest BCUT2D eigenvalue weighted by molar-refractivity contribution is 6.22. The van der Waals surface area contributed by atoms with Crippen molar-refractivity contribution in [3.8, 4) is 5.75 Å². The van der Waals surface area contributed by atoms with Crippen LogP contribution in [0, 0.1) is 28.6 Å². The number of phenolic OH excluding ortho intramolecular Hbond substituents is 1. The number of carbonyl (C=O) groups excluding carboxylic acids is 3. The van der Waals surface area contributed by atoms with Crippen molar-refractivity contribution < 1.29 is 48.0 Å². The van der Waals surface area contributed by atoms with Crippen LogP contribution in [0.2, 0.25) is 0 Å². The Kier molecular flexibility index (Phi) is 8.44. The molecule has 0 radical (unpaired) electrons. The molecule has 1 aromatic rings. The van der Waals surface area contributed by atoms with E-state index in [1.54, 1.807) is 0 Å². The molecular weight excluding hydrogens is 617 g/mol. The summed E-state index contributed by atoms with van der Waals surface area (Å²) >= 11 is 0. The molecule has 6 atom stereocenters. The van der Waals surface area contributed by atoms with E-state index >= 15 is 13.2 Å². The maximum Gasteiger partial charge on any atom is 0.417 e. The van der Waals surface area contributed by atoms with Crippen molar-refractivity contribution in [2.45, 2.75) is 104 Å². The van der Waals surface area contributed by atoms with Gasteiger partial charge >= 0.3 is 6.18 Å². The summed E-state index contributed by atoms with van der Waals surface area (Å²) in [6, 6.07) is 0.967. The Morgan fingerprint density at radius 1 is 1.09 bits per heavy atom. The van der Waals surface area contributed by atoms with Crippen LogP contribution in [0.25, 0.3) is 5.76 Å². The van der Waals surface area contributed by atoms with Crippen LogP contribution in [0.1, 0.15) is 95.9 Å². The van der Waals surface area contributed by atoms with Gasteiger partial charge in [-0.1, -0.05) is 48.0 Å². The minimum atomic E-state index is -4.89. The van der Waals surface area contributed by atoms with Crippen LogP contribution in [0.3, 0.4) is 0 Å². The van der Waals surface area contributed by atoms with Crippen LogP contribution >= 0.6 is 0 Å². The minimum absolute atomic E-state index is 0.0277. The molecule has 1 amide bonds. The first-order valence-corrected chi connectivity index (χ1v) is 16.3. The third-order valence-corrected chi connectivity index (χ3v) is 12.4. The number of nitrogens with two attached hydrogens (primary N) is 1. The number of nitrogens with zero attached hydrogens (tertiary/aromatic N) is 1. The van der Waals surface area contributed by atoms with Gasteiger partial charge in [0.2, 0.25) is 5.78 Å². The quantitative estimate of drug-likeness (QED) is 0.239. The number of aliphatic hydroxyl groups excluding tert-OH is 2. The molecule has 0 bridgehead atoms. The number of Topliss-reactive ketones (excluding diaryl/α,β-unsaturated/α-hetero) is 2. The first kappa shape index (κ1) is 34.9. The van der Waals surface area contributed by atoms with Crippen LogP contribution < -0.4 is 5.73 Å². The normalized spacial score (nSPS) is 32.1. The van der Waals surface area contributed by atoms with Crippen LogP contribution in [0.15, 0.2) is 23.0 Å². The molecule has 4 aliphatic carbocycles. The number of fused-ring (bicyclic) bond motifs is 3. The van der Waals surface area contributed by atoms with E-state index in [1.165, 1.54) is 0 Å². The van der Waals surface area contributed by atoms with E-state index in [0.29, 0.717) is 12.5 Å². The molecule has 1 aromatic carbocycles. The lowest BCUT2D eigenvalue weighted by atomic mass is 9.59. The van der Waals surface area contributed by atoms with Gasteiger partial charge in [-0.15, -0.1) is 0 Å². The number of phenols is 1. The van der Waals surface area contributed by atoms with Gasteiger partial charge in [0.25, 0.3) is 5.91 Å². The number of primary amides is 1. The minimum Gasteiger partial charge on any atom is -0.508 e. The van der Waals surface area contributed by atoms with E-state index < -0.39 is 93.5 Å². The summed E-state index contributed by atoms with van der Waals surface area (Å²) < 4.78 is 45.3. The molecule has 0 heterocycles. The number of aliphatic hydroxyl groups is 3. The predicted molar refractivity (Wildman–Crippen MR) is 167 cm³/mol. The number of carbonyl (C=O) groups is 3. The average molecular weight is 663 g/mol. The maximum absolute atomic E-state index is 15.1. The zero-order chi connectivity index (χ0) is 35.2. The largest absolute Gasteiger partial charge is 0.508 e. The molecule has 2 fully saturated rings. The Morgan fingerprint density at radius 2 is 1.72 bits per heavy atom. The van der Waals surface area contributed by atoms with E-state index in [2.05, 4.69) is 34.6 Å². The van der Waals surface area contributed by atoms with E-state index in [9.17, 15) is 34.8 Å². The highest BCUT2D eigenvalue weighted by atomic mass is 19.4. The fourth-order valence-electron chi connectivity index (χ4n) is 9.34. The molecular formula is C35H45F3N2O7. The number of ketones is 2. The van der Waals surface area contributed by atoms with E-state index in [1.807, 2.05) is 11.8 Å². The van der Waals surface area contributed by atoms with Crippen LogP contribution in [-0.2, 0) is 33.5 Å². The second-order valence-electron chi connectivity index (χ2n) is 14.8. The molecule has 47 heavy (non-hydrogen) atoms. The van der Waals surface area contributed by atoms with Crippen molar-refractivity contribution in [2.75, 3.05) is 6.54 Å². The zero-order valence-electron chi connectivity index (χ0n) is 27.7. The Bertz CT molecular complexity index is 1610. The highest BCUT2D eigenvalue weighted by Gasteiger charge is 2.61. The van der Waals surface area contributed by atoms with Crippen molar-refractivity contribution in [3.63, 3.8) is 0 Å². The molecule has 258 valence electrons. The number of amides is 1. The Balaban J connectivity index is 1.64. The van der Waals surface area contributed by atoms with Crippen molar-refractivity contribution in [1.29, 1.82) is 0 Å². The van der Waals surface area contributed by atoms with E-state index in [-0.39, 0.29) is 41.0 Å². The molecule has 0 aliphatic heterocycles. The Hall–Kier alpha value is -3.38. The number of aromatic hydroxyl groups is 1. The third-order valence-electron chi connectivity index (χ3n) is 12.4. The average Bonchev–Trinajstić information content (AvgIpc) is 3.12. The second kappa shape index (κ2) is 11.4. The van der Waals surface area contributed by atoms with E-state index in [4.69, 9.17) is 5.73 Å². The summed E-state index contributed by atoms with van der Waals surface area (Å²) in [6.07, 6.45) is -3.51. The summed E-state index contributed by atoms with van der Waals surface area (Å²) in [7, 11) is 0. The van der Waals surface area contributed by atoms with Crippen LogP contribution in [0.5, 0.6) is 5.75 Å². The first-order chi connectivity index (χ1) is 21.7. The van der Waals surface area contributed by atoms with Gasteiger partial charge in [0.1, 0.15) is 22.8 Å². The molecule has 2 saturated carbocycles. The van der Waals surface area contributed by atoms with Gasteiger partial charge in [-0.25, -0.2) is 0 Å². The van der Waals surface area contributed by atoms with Gasteiger partial charge in [-0.2, -0.15) is 13.2 Å². The maximum atomic E-state index is 15.1. The molecule has 4 aliphatic rings. The van der Waals surface area contributed by atoms with Gasteiger partial charge in [0.05, 0.1) is 11.1 Å². The molecule has 12 heteroatoms. The number of benzene rings is 1. The van der Waals surface area contributed by atoms with Gasteiger partial charge < -0.3 is 26.2 Å². The second-order valence-corrected chi connectivity index (χ2v) is 14.8. The summed E-state index contributed by atoms with van der Waals surface area (Å²) in [5.74, 6) is -8.38. The van der Waals surface area contributed by atoms with Gasteiger partial charge in [-0.3, -0.25) is 19.3 Å². The molecule has 0 spiro atoms. The van der Waals surface area contributed by atoms with E-state index in [0.717, 1.165) is 25.3 Å².